The minimum atomic E-state index is 0. The Labute approximate surface area is 496 Å². The maximum atomic E-state index is 4.54. The van der Waals surface area contributed by atoms with E-state index in [1.807, 2.05) is 146 Å². The fraction of sp³-hybridized carbons (Fsp3) is 0. The van der Waals surface area contributed by atoms with Gasteiger partial charge in [0.05, 0.1) is 0 Å². The molecule has 0 saturated heterocycles. The molecule has 0 aliphatic heterocycles. The van der Waals surface area contributed by atoms with Gasteiger partial charge < -0.3 is 19.9 Å². The number of hydrogen-bond acceptors (Lipinski definition) is 4. The van der Waals surface area contributed by atoms with E-state index in [2.05, 4.69) is 190 Å². The Balaban J connectivity index is 0.000000138. The van der Waals surface area contributed by atoms with E-state index in [1.165, 1.54) is 66.8 Å². The van der Waals surface area contributed by atoms with E-state index in [1.54, 1.807) is 12.4 Å². The van der Waals surface area contributed by atoms with Gasteiger partial charge in [-0.2, -0.15) is 0 Å². The number of fused-ring (bicyclic) bond motifs is 8. The van der Waals surface area contributed by atoms with E-state index in [0.717, 1.165) is 45.0 Å². The summed E-state index contributed by atoms with van der Waals surface area (Å²) < 4.78 is 0. The molecule has 0 spiro atoms. The van der Waals surface area contributed by atoms with Crippen molar-refractivity contribution in [2.75, 3.05) is 0 Å². The van der Waals surface area contributed by atoms with Crippen molar-refractivity contribution in [3.05, 3.63) is 328 Å². The first-order valence-corrected chi connectivity index (χ1v) is 25.8. The van der Waals surface area contributed by atoms with Gasteiger partial charge in [0.15, 0.2) is 0 Å². The minimum Gasteiger partial charge on any atom is -0.305 e. The number of nitrogens with zero attached hydrogens (tertiary/aromatic N) is 4. The van der Waals surface area contributed by atoms with Crippen LogP contribution in [0.25, 0.3) is 112 Å². The van der Waals surface area contributed by atoms with Crippen molar-refractivity contribution < 1.29 is 40.2 Å². The van der Waals surface area contributed by atoms with Gasteiger partial charge in [0.1, 0.15) is 0 Å². The molecule has 6 heteroatoms. The van der Waals surface area contributed by atoms with Crippen molar-refractivity contribution in [1.29, 1.82) is 0 Å². The van der Waals surface area contributed by atoms with Crippen molar-refractivity contribution in [1.82, 2.24) is 19.9 Å². The summed E-state index contributed by atoms with van der Waals surface area (Å²) in [5, 5.41) is 0. The Bertz CT molecular complexity index is 3840. The van der Waals surface area contributed by atoms with Crippen LogP contribution in [0.3, 0.4) is 0 Å². The Kier molecular flexibility index (Phi) is 19.4. The Morgan fingerprint density at radius 1 is 0.212 bits per heavy atom. The van der Waals surface area contributed by atoms with Crippen LogP contribution in [0.15, 0.2) is 304 Å². The Hall–Kier alpha value is -9.12. The molecule has 4 aromatic heterocycles. The number of pyridine rings is 4. The number of aromatic nitrogens is 4. The SMILES string of the molecule is [Ir].[Ir].[c-]1cc2c(cc1-c1ccccn1)-c1ccccc1-c1ccccc1-c1ccccc1-2.[c-]1ccc(-c2ccccc2-c2ccccc2)cc1-c1ccccn1.[c-]1ccccc1-c1ccccn1.[c-]1ccccc1-c1ccccn1. The third-order valence-electron chi connectivity index (χ3n) is 13.2. The standard InChI is InChI=1S/C29H18N.C23H16N.2C11H8N.2Ir/c1-2-10-22-21(9-1)23-11-3-4-13-25(23)27-17-16-20(29-15-7-8-18-30-29)19-28(27)26-14-6-5-12-24(22)26;1-2-9-18(10-3-1)21-13-4-5-14-22(21)19-11-8-12-20(17-19)23-15-6-7-16-24-23;2*1-2-6-10(7-3-1)11-8-4-5-9-12-11;;/h1-15,17-19H;1-11,13-17H;2*1-6,8-9H;;/q4*-1;;. The average molecular weight is 1380 g/mol. The maximum Gasteiger partial charge on any atom is 0.0160 e. The van der Waals surface area contributed by atoms with E-state index in [4.69, 9.17) is 0 Å². The third-order valence-corrected chi connectivity index (χ3v) is 13.2. The quantitative estimate of drug-likeness (QED) is 0.156. The summed E-state index contributed by atoms with van der Waals surface area (Å²) in [5.74, 6) is 0. The van der Waals surface area contributed by atoms with Crippen LogP contribution in [0.4, 0.5) is 0 Å². The van der Waals surface area contributed by atoms with Crippen molar-refractivity contribution in [3.8, 4) is 112 Å². The summed E-state index contributed by atoms with van der Waals surface area (Å²) in [7, 11) is 0. The molecule has 0 unspecified atom stereocenters. The first kappa shape index (κ1) is 55.6. The van der Waals surface area contributed by atoms with Gasteiger partial charge in [-0.05, 0) is 91.5 Å². The van der Waals surface area contributed by atoms with Crippen LogP contribution >= 0.6 is 0 Å². The van der Waals surface area contributed by atoms with E-state index in [9.17, 15) is 0 Å². The molecular weight excluding hydrogens is 1330 g/mol. The van der Waals surface area contributed by atoms with Crippen LogP contribution in [0.1, 0.15) is 0 Å². The van der Waals surface area contributed by atoms with E-state index in [-0.39, 0.29) is 40.2 Å². The van der Waals surface area contributed by atoms with Crippen molar-refractivity contribution in [3.63, 3.8) is 0 Å². The predicted octanol–water partition coefficient (Wildman–Crippen LogP) is 18.5. The molecule has 4 heterocycles. The fourth-order valence-electron chi connectivity index (χ4n) is 9.52. The van der Waals surface area contributed by atoms with Crippen LogP contribution in [-0.2, 0) is 40.2 Å². The topological polar surface area (TPSA) is 51.6 Å². The molecule has 1 aliphatic rings. The van der Waals surface area contributed by atoms with E-state index in [0.29, 0.717) is 0 Å². The molecule has 4 nitrogen and oxygen atoms in total. The van der Waals surface area contributed by atoms with Crippen molar-refractivity contribution >= 4 is 0 Å². The number of rotatable bonds is 6. The molecule has 2 radical (unpaired) electrons. The summed E-state index contributed by atoms with van der Waals surface area (Å²) in [5.41, 5.74) is 22.7. The molecule has 14 rings (SSSR count). The summed E-state index contributed by atoms with van der Waals surface area (Å²) >= 11 is 0. The first-order chi connectivity index (χ1) is 38.7. The second-order valence-corrected chi connectivity index (χ2v) is 18.1. The van der Waals surface area contributed by atoms with Gasteiger partial charge in [-0.25, -0.2) is 0 Å². The molecule has 0 fully saturated rings. The van der Waals surface area contributed by atoms with E-state index < -0.39 is 0 Å². The van der Waals surface area contributed by atoms with Gasteiger partial charge in [0, 0.05) is 65.0 Å². The molecule has 0 N–H and O–H groups in total. The first-order valence-electron chi connectivity index (χ1n) is 25.8. The van der Waals surface area contributed by atoms with E-state index >= 15 is 0 Å². The van der Waals surface area contributed by atoms with Gasteiger partial charge in [0.25, 0.3) is 0 Å². The molecule has 9 aromatic carbocycles. The largest absolute Gasteiger partial charge is 0.305 e. The summed E-state index contributed by atoms with van der Waals surface area (Å²) in [6.07, 6.45) is 7.22. The normalized spacial score (nSPS) is 10.3. The van der Waals surface area contributed by atoms with Crippen LogP contribution in [0, 0.1) is 24.3 Å². The van der Waals surface area contributed by atoms with Crippen LogP contribution in [0.5, 0.6) is 0 Å². The average Bonchev–Trinajstić information content (AvgIpc) is 3.55. The zero-order chi connectivity index (χ0) is 52.6. The number of benzene rings is 9. The monoisotopic (exact) mass is 1380 g/mol. The second kappa shape index (κ2) is 28.0. The molecule has 0 bridgehead atoms. The van der Waals surface area contributed by atoms with Crippen LogP contribution in [0.2, 0.25) is 0 Å². The maximum absolute atomic E-state index is 4.54. The summed E-state index contributed by atoms with van der Waals surface area (Å²) in [6.45, 7) is 0. The molecule has 0 saturated carbocycles. The van der Waals surface area contributed by atoms with Gasteiger partial charge in [-0.3, -0.25) is 0 Å². The summed E-state index contributed by atoms with van der Waals surface area (Å²) in [6, 6.07) is 108. The molecule has 0 amide bonds. The van der Waals surface area contributed by atoms with Crippen LogP contribution in [-0.4, -0.2) is 19.9 Å². The zero-order valence-electron chi connectivity index (χ0n) is 43.3. The van der Waals surface area contributed by atoms with Gasteiger partial charge >= 0.3 is 0 Å². The molecular formula is C74H50Ir2N4-4. The molecule has 388 valence electrons. The number of hydrogen-bond donors (Lipinski definition) is 0. The zero-order valence-corrected chi connectivity index (χ0v) is 48.1. The van der Waals surface area contributed by atoms with Crippen molar-refractivity contribution in [2.45, 2.75) is 0 Å². The predicted molar refractivity (Wildman–Crippen MR) is 320 cm³/mol. The van der Waals surface area contributed by atoms with Gasteiger partial charge in [-0.15, -0.1) is 131 Å². The van der Waals surface area contributed by atoms with Gasteiger partial charge in [-0.1, -0.05) is 193 Å². The summed E-state index contributed by atoms with van der Waals surface area (Å²) in [4.78, 5) is 17.4. The Morgan fingerprint density at radius 2 is 0.550 bits per heavy atom. The van der Waals surface area contributed by atoms with Crippen molar-refractivity contribution in [2.24, 2.45) is 0 Å². The minimum absolute atomic E-state index is 0. The molecule has 13 aromatic rings. The Morgan fingerprint density at radius 3 is 0.963 bits per heavy atom. The fourth-order valence-corrected chi connectivity index (χ4v) is 9.52. The second-order valence-electron chi connectivity index (χ2n) is 18.1. The third kappa shape index (κ3) is 13.4. The molecule has 80 heavy (non-hydrogen) atoms. The molecule has 1 aliphatic carbocycles. The molecule has 0 atom stereocenters. The van der Waals surface area contributed by atoms with Crippen LogP contribution < -0.4 is 0 Å². The smallest absolute Gasteiger partial charge is 0.0160 e. The van der Waals surface area contributed by atoms with Gasteiger partial charge in [0.2, 0.25) is 0 Å².